The maximum atomic E-state index is 11.8. The molecular formula is C13H12ClNOS2. The van der Waals surface area contributed by atoms with E-state index in [0.29, 0.717) is 17.2 Å². The van der Waals surface area contributed by atoms with E-state index in [1.807, 2.05) is 36.6 Å². The van der Waals surface area contributed by atoms with Gasteiger partial charge in [-0.25, -0.2) is 4.98 Å². The summed E-state index contributed by atoms with van der Waals surface area (Å²) in [5.41, 5.74) is 0.870. The van der Waals surface area contributed by atoms with Crippen molar-refractivity contribution in [1.29, 1.82) is 0 Å². The molecule has 0 amide bonds. The van der Waals surface area contributed by atoms with Crippen molar-refractivity contribution in [3.8, 4) is 0 Å². The second-order valence-corrected chi connectivity index (χ2v) is 6.37. The molecular weight excluding hydrogens is 286 g/mol. The largest absolute Gasteiger partial charge is 0.298 e. The summed E-state index contributed by atoms with van der Waals surface area (Å²) in [6.07, 6.45) is 0.415. The van der Waals surface area contributed by atoms with E-state index < -0.39 is 0 Å². The molecule has 0 saturated carbocycles. The quantitative estimate of drug-likeness (QED) is 0.781. The molecule has 2 nitrogen and oxygen atoms in total. The molecule has 0 saturated heterocycles. The van der Waals surface area contributed by atoms with Gasteiger partial charge in [-0.2, -0.15) is 0 Å². The van der Waals surface area contributed by atoms with E-state index in [1.54, 1.807) is 11.3 Å². The van der Waals surface area contributed by atoms with Gasteiger partial charge < -0.3 is 0 Å². The summed E-state index contributed by atoms with van der Waals surface area (Å²) in [6.45, 7) is 1.94. The van der Waals surface area contributed by atoms with Gasteiger partial charge in [0.2, 0.25) is 0 Å². The molecule has 18 heavy (non-hydrogen) atoms. The van der Waals surface area contributed by atoms with Gasteiger partial charge in [-0.1, -0.05) is 17.7 Å². The molecule has 94 valence electrons. The number of thiazole rings is 1. The van der Waals surface area contributed by atoms with Crippen LogP contribution in [0.1, 0.15) is 10.7 Å². The second-order valence-electron chi connectivity index (χ2n) is 3.82. The van der Waals surface area contributed by atoms with E-state index in [1.165, 1.54) is 11.8 Å². The van der Waals surface area contributed by atoms with Crippen LogP contribution in [0, 0.1) is 6.92 Å². The summed E-state index contributed by atoms with van der Waals surface area (Å²) in [4.78, 5) is 17.1. The zero-order valence-electron chi connectivity index (χ0n) is 9.85. The molecule has 0 aliphatic heterocycles. The monoisotopic (exact) mass is 297 g/mol. The van der Waals surface area contributed by atoms with Gasteiger partial charge in [0.05, 0.1) is 22.9 Å². The van der Waals surface area contributed by atoms with Crippen LogP contribution in [0.2, 0.25) is 5.02 Å². The fourth-order valence-corrected chi connectivity index (χ4v) is 3.15. The van der Waals surface area contributed by atoms with Crippen molar-refractivity contribution in [2.75, 3.05) is 5.75 Å². The number of thioether (sulfide) groups is 1. The first-order chi connectivity index (χ1) is 8.63. The zero-order chi connectivity index (χ0) is 13.0. The van der Waals surface area contributed by atoms with E-state index in [0.717, 1.165) is 15.6 Å². The van der Waals surface area contributed by atoms with Crippen LogP contribution in [0.15, 0.2) is 34.5 Å². The Balaban J connectivity index is 1.85. The number of carbonyl (C=O) groups excluding carboxylic acids is 1. The van der Waals surface area contributed by atoms with Crippen LogP contribution >= 0.6 is 34.7 Å². The smallest absolute Gasteiger partial charge is 0.149 e. The normalized spacial score (nSPS) is 10.6. The van der Waals surface area contributed by atoms with Crippen molar-refractivity contribution in [3.05, 3.63) is 45.4 Å². The van der Waals surface area contributed by atoms with Crippen molar-refractivity contribution in [2.45, 2.75) is 18.2 Å². The summed E-state index contributed by atoms with van der Waals surface area (Å²) in [6, 6.07) is 7.54. The Bertz CT molecular complexity index is 553. The Hall–Kier alpha value is -0.840. The van der Waals surface area contributed by atoms with Gasteiger partial charge in [-0.3, -0.25) is 4.79 Å². The molecule has 0 N–H and O–H groups in total. The fraction of sp³-hybridized carbons (Fsp3) is 0.231. The molecule has 0 radical (unpaired) electrons. The molecule has 0 spiro atoms. The Labute approximate surface area is 119 Å². The standard InChI is InChI=1S/C13H12ClNOS2/c1-9-15-11(7-17-9)6-12(16)8-18-13-4-2-3-10(14)5-13/h2-5,7H,6,8H2,1H3. The number of rotatable bonds is 5. The average molecular weight is 298 g/mol. The van der Waals surface area contributed by atoms with Crippen molar-refractivity contribution in [2.24, 2.45) is 0 Å². The van der Waals surface area contributed by atoms with Gasteiger partial charge in [-0.05, 0) is 25.1 Å². The predicted octanol–water partition coefficient (Wildman–Crippen LogP) is 4.01. The summed E-state index contributed by atoms with van der Waals surface area (Å²) >= 11 is 8.97. The highest BCUT2D eigenvalue weighted by Crippen LogP contribution is 2.22. The van der Waals surface area contributed by atoms with Gasteiger partial charge in [0.1, 0.15) is 5.78 Å². The molecule has 0 bridgehead atoms. The number of halogens is 1. The van der Waals surface area contributed by atoms with Gasteiger partial charge in [0.25, 0.3) is 0 Å². The first-order valence-corrected chi connectivity index (χ1v) is 7.69. The SMILES string of the molecule is Cc1nc(CC(=O)CSc2cccc(Cl)c2)cs1. The molecule has 2 aromatic rings. The van der Waals surface area contributed by atoms with Crippen molar-refractivity contribution >= 4 is 40.5 Å². The molecule has 1 aromatic carbocycles. The number of nitrogens with zero attached hydrogens (tertiary/aromatic N) is 1. The molecule has 5 heteroatoms. The van der Waals surface area contributed by atoms with Crippen LogP contribution in [-0.4, -0.2) is 16.5 Å². The third-order valence-electron chi connectivity index (χ3n) is 2.24. The van der Waals surface area contributed by atoms with E-state index in [4.69, 9.17) is 11.6 Å². The number of hydrogen-bond donors (Lipinski definition) is 0. The number of aromatic nitrogens is 1. The zero-order valence-corrected chi connectivity index (χ0v) is 12.2. The number of benzene rings is 1. The van der Waals surface area contributed by atoms with E-state index in [-0.39, 0.29) is 5.78 Å². The molecule has 1 aromatic heterocycles. The topological polar surface area (TPSA) is 30.0 Å². The van der Waals surface area contributed by atoms with Gasteiger partial charge in [-0.15, -0.1) is 23.1 Å². The van der Waals surface area contributed by atoms with Crippen LogP contribution in [-0.2, 0) is 11.2 Å². The number of aryl methyl sites for hydroxylation is 1. The third kappa shape index (κ3) is 4.12. The highest BCUT2D eigenvalue weighted by atomic mass is 35.5. The molecule has 0 atom stereocenters. The van der Waals surface area contributed by atoms with Gasteiger partial charge in [0.15, 0.2) is 0 Å². The molecule has 0 unspecified atom stereocenters. The Morgan fingerprint density at radius 2 is 2.33 bits per heavy atom. The van der Waals surface area contributed by atoms with E-state index >= 15 is 0 Å². The van der Waals surface area contributed by atoms with Crippen molar-refractivity contribution in [1.82, 2.24) is 4.98 Å². The first kappa shape index (κ1) is 13.6. The Morgan fingerprint density at radius 3 is 3.00 bits per heavy atom. The molecule has 2 rings (SSSR count). The highest BCUT2D eigenvalue weighted by molar-refractivity contribution is 8.00. The highest BCUT2D eigenvalue weighted by Gasteiger charge is 2.07. The van der Waals surface area contributed by atoms with Crippen LogP contribution in [0.4, 0.5) is 0 Å². The number of hydrogen-bond acceptors (Lipinski definition) is 4. The van der Waals surface area contributed by atoms with Crippen LogP contribution < -0.4 is 0 Å². The number of carbonyl (C=O) groups is 1. The molecule has 0 fully saturated rings. The molecule has 0 aliphatic carbocycles. The number of ketones is 1. The van der Waals surface area contributed by atoms with Crippen molar-refractivity contribution < 1.29 is 4.79 Å². The summed E-state index contributed by atoms with van der Waals surface area (Å²) in [5, 5.41) is 3.64. The van der Waals surface area contributed by atoms with E-state index in [2.05, 4.69) is 4.98 Å². The van der Waals surface area contributed by atoms with Crippen LogP contribution in [0.3, 0.4) is 0 Å². The maximum Gasteiger partial charge on any atom is 0.149 e. The minimum absolute atomic E-state index is 0.185. The Kier molecular flexibility index (Phi) is 4.80. The Morgan fingerprint density at radius 1 is 1.50 bits per heavy atom. The van der Waals surface area contributed by atoms with Gasteiger partial charge in [0, 0.05) is 15.3 Å². The lowest BCUT2D eigenvalue weighted by molar-refractivity contribution is -0.116. The third-order valence-corrected chi connectivity index (χ3v) is 4.35. The first-order valence-electron chi connectivity index (χ1n) is 5.44. The lowest BCUT2D eigenvalue weighted by atomic mass is 10.2. The van der Waals surface area contributed by atoms with Crippen molar-refractivity contribution in [3.63, 3.8) is 0 Å². The summed E-state index contributed by atoms with van der Waals surface area (Å²) in [5.74, 6) is 0.641. The summed E-state index contributed by atoms with van der Waals surface area (Å²) in [7, 11) is 0. The van der Waals surface area contributed by atoms with Gasteiger partial charge >= 0.3 is 0 Å². The predicted molar refractivity (Wildman–Crippen MR) is 77.7 cm³/mol. The minimum atomic E-state index is 0.185. The van der Waals surface area contributed by atoms with E-state index in [9.17, 15) is 4.79 Å². The average Bonchev–Trinajstić information content (AvgIpc) is 2.72. The maximum absolute atomic E-state index is 11.8. The van der Waals surface area contributed by atoms with Crippen LogP contribution in [0.5, 0.6) is 0 Å². The molecule has 0 aliphatic rings. The fourth-order valence-electron chi connectivity index (χ4n) is 1.46. The minimum Gasteiger partial charge on any atom is -0.298 e. The second kappa shape index (κ2) is 6.36. The molecule has 1 heterocycles. The lowest BCUT2D eigenvalue weighted by Gasteiger charge is -2.01. The lowest BCUT2D eigenvalue weighted by Crippen LogP contribution is -2.05. The van der Waals surface area contributed by atoms with Crippen LogP contribution in [0.25, 0.3) is 0 Å². The summed E-state index contributed by atoms with van der Waals surface area (Å²) < 4.78 is 0. The number of Topliss-reactive ketones (excluding diaryl/α,β-unsaturated/α-hetero) is 1.